The number of furan rings is 1. The highest BCUT2D eigenvalue weighted by Crippen LogP contribution is 2.38. The number of halogens is 2. The number of rotatable bonds is 3. The molecule has 0 saturated heterocycles. The highest BCUT2D eigenvalue weighted by atomic mass is 35.5. The molecule has 0 radical (unpaired) electrons. The van der Waals surface area contributed by atoms with Crippen LogP contribution in [0.1, 0.15) is 32.0 Å². The van der Waals surface area contributed by atoms with Gasteiger partial charge in [0.1, 0.15) is 11.5 Å². The van der Waals surface area contributed by atoms with E-state index in [1.54, 1.807) is 43.3 Å². The Bertz CT molecular complexity index is 1130. The van der Waals surface area contributed by atoms with Crippen molar-refractivity contribution in [2.75, 3.05) is 0 Å². The number of allylic oxidation sites excluding steroid dienone is 1. The van der Waals surface area contributed by atoms with Gasteiger partial charge in [-0.2, -0.15) is 0 Å². The number of hydrogen-bond acceptors (Lipinski definition) is 5. The average Bonchev–Trinajstić information content (AvgIpc) is 3.27. The molecule has 4 rings (SSSR count). The fourth-order valence-corrected chi connectivity index (χ4v) is 3.15. The van der Waals surface area contributed by atoms with Crippen LogP contribution in [0.5, 0.6) is 11.5 Å². The highest BCUT2D eigenvalue weighted by Gasteiger charge is 2.30. The molecule has 1 aliphatic heterocycles. The summed E-state index contributed by atoms with van der Waals surface area (Å²) in [6.45, 7) is 1.74. The first-order valence-corrected chi connectivity index (χ1v) is 8.97. The van der Waals surface area contributed by atoms with E-state index in [2.05, 4.69) is 0 Å². The minimum absolute atomic E-state index is 0.0790. The first-order valence-electron chi connectivity index (χ1n) is 8.22. The summed E-state index contributed by atoms with van der Waals surface area (Å²) < 4.78 is 16.0. The number of carbonyl (C=O) groups excluding carboxylic acids is 2. The van der Waals surface area contributed by atoms with Crippen molar-refractivity contribution in [3.63, 3.8) is 0 Å². The van der Waals surface area contributed by atoms with Gasteiger partial charge in [-0.05, 0) is 54.5 Å². The molecule has 0 spiro atoms. The predicted octanol–water partition coefficient (Wildman–Crippen LogP) is 5.73. The summed E-state index contributed by atoms with van der Waals surface area (Å²) in [6.07, 6.45) is 2.96. The lowest BCUT2D eigenvalue weighted by atomic mass is 10.0. The lowest BCUT2D eigenvalue weighted by Crippen LogP contribution is -2.07. The first kappa shape index (κ1) is 18.3. The van der Waals surface area contributed by atoms with Crippen LogP contribution in [0, 0.1) is 6.92 Å². The summed E-state index contributed by atoms with van der Waals surface area (Å²) >= 11 is 11.9. The molecule has 0 bridgehead atoms. The molecule has 3 aromatic rings. The third kappa shape index (κ3) is 3.42. The summed E-state index contributed by atoms with van der Waals surface area (Å²) in [6, 6.07) is 11.2. The van der Waals surface area contributed by atoms with E-state index < -0.39 is 5.97 Å². The number of Topliss-reactive ketones (excluding diaryl/α,β-unsaturated/α-hetero) is 1. The summed E-state index contributed by atoms with van der Waals surface area (Å²) in [4.78, 5) is 24.8. The second-order valence-corrected chi connectivity index (χ2v) is 6.91. The molecule has 0 atom stereocenters. The van der Waals surface area contributed by atoms with Crippen LogP contribution >= 0.6 is 23.2 Å². The van der Waals surface area contributed by atoms with Gasteiger partial charge in [0.05, 0.1) is 21.9 Å². The summed E-state index contributed by atoms with van der Waals surface area (Å²) in [5, 5.41) is 0.798. The van der Waals surface area contributed by atoms with Crippen LogP contribution < -0.4 is 9.47 Å². The molecule has 0 N–H and O–H groups in total. The maximum atomic E-state index is 12.7. The third-order valence-corrected chi connectivity index (χ3v) is 4.86. The fourth-order valence-electron chi connectivity index (χ4n) is 2.84. The Morgan fingerprint density at radius 3 is 2.64 bits per heavy atom. The van der Waals surface area contributed by atoms with Crippen molar-refractivity contribution in [2.24, 2.45) is 0 Å². The van der Waals surface area contributed by atoms with Crippen LogP contribution in [0.2, 0.25) is 10.0 Å². The molecule has 140 valence electrons. The smallest absolute Gasteiger partial charge is 0.379 e. The van der Waals surface area contributed by atoms with Crippen LogP contribution in [0.4, 0.5) is 0 Å². The Balaban J connectivity index is 1.63. The van der Waals surface area contributed by atoms with Gasteiger partial charge in [-0.15, -0.1) is 0 Å². The van der Waals surface area contributed by atoms with Crippen molar-refractivity contribution in [3.05, 3.63) is 87.0 Å². The molecule has 0 fully saturated rings. The van der Waals surface area contributed by atoms with Crippen LogP contribution in [0.25, 0.3) is 6.08 Å². The molecule has 28 heavy (non-hydrogen) atoms. The molecule has 1 aromatic heterocycles. The first-order chi connectivity index (χ1) is 13.4. The minimum Gasteiger partial charge on any atom is -0.457 e. The van der Waals surface area contributed by atoms with Gasteiger partial charge >= 0.3 is 5.97 Å². The predicted molar refractivity (Wildman–Crippen MR) is 104 cm³/mol. The number of esters is 1. The largest absolute Gasteiger partial charge is 0.457 e. The zero-order chi connectivity index (χ0) is 19.8. The van der Waals surface area contributed by atoms with Crippen LogP contribution in [0.15, 0.2) is 58.9 Å². The molecule has 2 heterocycles. The van der Waals surface area contributed by atoms with E-state index in [-0.39, 0.29) is 23.1 Å². The number of ketones is 1. The molecule has 2 aromatic carbocycles. The van der Waals surface area contributed by atoms with Crippen LogP contribution in [-0.2, 0) is 0 Å². The van der Waals surface area contributed by atoms with Gasteiger partial charge in [0.2, 0.25) is 11.5 Å². The lowest BCUT2D eigenvalue weighted by molar-refractivity contribution is 0.0701. The van der Waals surface area contributed by atoms with Crippen LogP contribution in [-0.4, -0.2) is 11.8 Å². The average molecular weight is 415 g/mol. The quantitative estimate of drug-likeness (QED) is 0.311. The van der Waals surface area contributed by atoms with Gasteiger partial charge in [-0.3, -0.25) is 4.79 Å². The maximum absolute atomic E-state index is 12.7. The van der Waals surface area contributed by atoms with E-state index in [4.69, 9.17) is 37.1 Å². The SMILES string of the molecule is Cc1cc(OC(=O)c2ccco2)cc2c1C(=O)/C(=C/c1ccc(Cl)c(Cl)c1)O2. The fraction of sp³-hybridized carbons (Fsp3) is 0.0476. The third-order valence-electron chi connectivity index (χ3n) is 4.12. The van der Waals surface area contributed by atoms with Crippen LogP contribution in [0.3, 0.4) is 0 Å². The Morgan fingerprint density at radius 1 is 1.11 bits per heavy atom. The van der Waals surface area contributed by atoms with E-state index in [1.165, 1.54) is 18.4 Å². The van der Waals surface area contributed by atoms with Crippen molar-refractivity contribution in [1.29, 1.82) is 0 Å². The van der Waals surface area contributed by atoms with Gasteiger partial charge in [0, 0.05) is 6.07 Å². The molecule has 0 unspecified atom stereocenters. The minimum atomic E-state index is -0.639. The van der Waals surface area contributed by atoms with Crippen molar-refractivity contribution >= 4 is 41.0 Å². The number of carbonyl (C=O) groups is 2. The van der Waals surface area contributed by atoms with Gasteiger partial charge < -0.3 is 13.9 Å². The Kier molecular flexibility index (Phi) is 4.71. The van der Waals surface area contributed by atoms with E-state index in [9.17, 15) is 9.59 Å². The van der Waals surface area contributed by atoms with Gasteiger partial charge in [0.25, 0.3) is 0 Å². The summed E-state index contributed by atoms with van der Waals surface area (Å²) in [5.74, 6) is -0.108. The highest BCUT2D eigenvalue weighted by molar-refractivity contribution is 6.42. The molecular weight excluding hydrogens is 403 g/mol. The number of benzene rings is 2. The second kappa shape index (κ2) is 7.19. The molecule has 7 heteroatoms. The monoisotopic (exact) mass is 414 g/mol. The molecule has 5 nitrogen and oxygen atoms in total. The maximum Gasteiger partial charge on any atom is 0.379 e. The van der Waals surface area contributed by atoms with Gasteiger partial charge in [-0.25, -0.2) is 4.79 Å². The van der Waals surface area contributed by atoms with Crippen molar-refractivity contribution in [1.82, 2.24) is 0 Å². The number of hydrogen-bond donors (Lipinski definition) is 0. The van der Waals surface area contributed by atoms with Crippen molar-refractivity contribution < 1.29 is 23.5 Å². The summed E-state index contributed by atoms with van der Waals surface area (Å²) in [5.41, 5.74) is 1.72. The molecular formula is C21H12Cl2O5. The van der Waals surface area contributed by atoms with Gasteiger partial charge in [0.15, 0.2) is 5.76 Å². The van der Waals surface area contributed by atoms with Crippen molar-refractivity contribution in [2.45, 2.75) is 6.92 Å². The van der Waals surface area contributed by atoms with E-state index >= 15 is 0 Å². The molecule has 1 aliphatic rings. The lowest BCUT2D eigenvalue weighted by Gasteiger charge is -2.06. The molecule has 0 aliphatic carbocycles. The molecule has 0 amide bonds. The Morgan fingerprint density at radius 2 is 1.93 bits per heavy atom. The standard InChI is InChI=1S/C21H12Cl2O5/c1-11-7-13(27-21(25)16-3-2-6-26-16)10-17-19(11)20(24)18(28-17)9-12-4-5-14(22)15(23)8-12/h2-10H,1H3/b18-9-. The summed E-state index contributed by atoms with van der Waals surface area (Å²) in [7, 11) is 0. The number of ether oxygens (including phenoxy) is 2. The zero-order valence-electron chi connectivity index (χ0n) is 14.5. The van der Waals surface area contributed by atoms with Gasteiger partial charge in [-0.1, -0.05) is 29.3 Å². The second-order valence-electron chi connectivity index (χ2n) is 6.09. The zero-order valence-corrected chi connectivity index (χ0v) is 16.0. The van der Waals surface area contributed by atoms with E-state index in [1.807, 2.05) is 0 Å². The molecule has 0 saturated carbocycles. The van der Waals surface area contributed by atoms with E-state index in [0.717, 1.165) is 0 Å². The van der Waals surface area contributed by atoms with E-state index in [0.29, 0.717) is 32.5 Å². The van der Waals surface area contributed by atoms with Crippen molar-refractivity contribution in [3.8, 4) is 11.5 Å². The Labute approximate surface area is 170 Å². The normalized spacial score (nSPS) is 14.1. The Hall–Kier alpha value is -3.02. The number of fused-ring (bicyclic) bond motifs is 1. The number of aryl methyl sites for hydroxylation is 1. The topological polar surface area (TPSA) is 65.7 Å².